The van der Waals surface area contributed by atoms with Crippen LogP contribution in [0.25, 0.3) is 0 Å². The molecular weight excluding hydrogens is 832 g/mol. The van der Waals surface area contributed by atoms with Crippen molar-refractivity contribution in [3.63, 3.8) is 0 Å². The summed E-state index contributed by atoms with van der Waals surface area (Å²) < 4.78 is 30.5. The molecule has 0 bridgehead atoms. The van der Waals surface area contributed by atoms with Crippen LogP contribution in [0.2, 0.25) is 0 Å². The number of phosphoric acid groups is 1. The number of likely N-dealkylation sites (N-methyl/N-ethyl adjacent to an activating group) is 1. The van der Waals surface area contributed by atoms with Crippen LogP contribution in [0.1, 0.15) is 252 Å². The number of hydrogen-bond acceptors (Lipinski definition) is 6. The molecule has 65 heavy (non-hydrogen) atoms. The highest BCUT2D eigenvalue weighted by Crippen LogP contribution is 2.43. The number of esters is 1. The number of allylic oxidation sites excluding steroid dienone is 5. The predicted molar refractivity (Wildman–Crippen MR) is 277 cm³/mol. The summed E-state index contributed by atoms with van der Waals surface area (Å²) in [4.78, 5) is 37.4. The third-order valence-electron chi connectivity index (χ3n) is 12.1. The van der Waals surface area contributed by atoms with Gasteiger partial charge in [-0.05, 0) is 51.0 Å². The van der Waals surface area contributed by atoms with Crippen LogP contribution in [0.5, 0.6) is 0 Å². The molecule has 0 aromatic carbocycles. The van der Waals surface area contributed by atoms with E-state index in [1.807, 2.05) is 39.4 Å². The van der Waals surface area contributed by atoms with Crippen molar-refractivity contribution in [3.8, 4) is 0 Å². The fraction of sp³-hybridized carbons (Fsp3) is 0.855. The Bertz CT molecular complexity index is 1220. The van der Waals surface area contributed by atoms with Gasteiger partial charge in [-0.25, -0.2) is 4.57 Å². The number of carbonyl (C=O) groups is 2. The zero-order chi connectivity index (χ0) is 48.0. The topological polar surface area (TPSA) is 111 Å². The maximum atomic E-state index is 13.4. The van der Waals surface area contributed by atoms with Gasteiger partial charge in [0, 0.05) is 12.8 Å². The number of rotatable bonds is 49. The Balaban J connectivity index is 5.42. The lowest BCUT2D eigenvalue weighted by Gasteiger charge is -2.27. The van der Waals surface area contributed by atoms with E-state index in [0.29, 0.717) is 23.9 Å². The lowest BCUT2D eigenvalue weighted by molar-refractivity contribution is -0.870. The lowest BCUT2D eigenvalue weighted by Crippen LogP contribution is -2.47. The van der Waals surface area contributed by atoms with E-state index in [0.717, 1.165) is 51.4 Å². The van der Waals surface area contributed by atoms with Gasteiger partial charge in [0.2, 0.25) is 5.91 Å². The van der Waals surface area contributed by atoms with Crippen molar-refractivity contribution in [3.05, 3.63) is 36.5 Å². The zero-order valence-corrected chi connectivity index (χ0v) is 44.4. The van der Waals surface area contributed by atoms with Gasteiger partial charge in [-0.3, -0.25) is 18.6 Å². The molecular formula is C55H106N2O7P+. The summed E-state index contributed by atoms with van der Waals surface area (Å²) >= 11 is 0. The molecule has 0 aliphatic rings. The first-order valence-electron chi connectivity index (χ1n) is 27.3. The summed E-state index contributed by atoms with van der Waals surface area (Å²) in [6.07, 6.45) is 52.9. The summed E-state index contributed by atoms with van der Waals surface area (Å²) in [5, 5.41) is 3.03. The number of hydrogen-bond donors (Lipinski definition) is 2. The summed E-state index contributed by atoms with van der Waals surface area (Å²) in [7, 11) is 1.48. The fourth-order valence-corrected chi connectivity index (χ4v) is 8.55. The second kappa shape index (κ2) is 46.0. The summed E-state index contributed by atoms with van der Waals surface area (Å²) in [6, 6.07) is -0.864. The normalized spacial score (nSPS) is 14.1. The van der Waals surface area contributed by atoms with Gasteiger partial charge in [0.1, 0.15) is 19.3 Å². The molecule has 9 nitrogen and oxygen atoms in total. The number of nitrogens with one attached hydrogen (secondary N) is 1. The molecule has 0 saturated heterocycles. The number of nitrogens with zero attached hydrogens (tertiary/aromatic N) is 1. The molecule has 0 aromatic heterocycles. The molecule has 382 valence electrons. The lowest BCUT2D eigenvalue weighted by atomic mass is 10.0. The Hall–Kier alpha value is -1.77. The Morgan fingerprint density at radius 1 is 0.538 bits per heavy atom. The van der Waals surface area contributed by atoms with Crippen LogP contribution < -0.4 is 5.32 Å². The van der Waals surface area contributed by atoms with E-state index in [1.54, 1.807) is 0 Å². The van der Waals surface area contributed by atoms with E-state index in [1.165, 1.54) is 161 Å². The molecule has 3 atom stereocenters. The quantitative estimate of drug-likeness (QED) is 0.0205. The van der Waals surface area contributed by atoms with Crippen molar-refractivity contribution in [1.29, 1.82) is 0 Å². The second-order valence-electron chi connectivity index (χ2n) is 19.8. The Kier molecular flexibility index (Phi) is 44.7. The highest BCUT2D eigenvalue weighted by molar-refractivity contribution is 7.47. The second-order valence-corrected chi connectivity index (χ2v) is 21.2. The van der Waals surface area contributed by atoms with Gasteiger partial charge >= 0.3 is 13.8 Å². The van der Waals surface area contributed by atoms with Crippen LogP contribution >= 0.6 is 7.82 Å². The molecule has 0 heterocycles. The van der Waals surface area contributed by atoms with Crippen LogP contribution in [0.4, 0.5) is 0 Å². The van der Waals surface area contributed by atoms with Gasteiger partial charge in [0.05, 0.1) is 33.8 Å². The van der Waals surface area contributed by atoms with Crippen molar-refractivity contribution in [2.24, 2.45) is 0 Å². The van der Waals surface area contributed by atoms with E-state index in [9.17, 15) is 19.0 Å². The molecule has 0 spiro atoms. The first-order chi connectivity index (χ1) is 31.4. The molecule has 0 aromatic rings. The molecule has 0 fully saturated rings. The van der Waals surface area contributed by atoms with E-state index >= 15 is 0 Å². The number of ether oxygens (including phenoxy) is 1. The summed E-state index contributed by atoms with van der Waals surface area (Å²) in [5.41, 5.74) is 0. The van der Waals surface area contributed by atoms with Crippen LogP contribution in [0, 0.1) is 0 Å². The van der Waals surface area contributed by atoms with Crippen LogP contribution in [0.15, 0.2) is 36.5 Å². The minimum Gasteiger partial charge on any atom is -0.456 e. The first-order valence-corrected chi connectivity index (χ1v) is 28.8. The molecule has 10 heteroatoms. The van der Waals surface area contributed by atoms with Crippen LogP contribution in [-0.2, 0) is 27.9 Å². The van der Waals surface area contributed by atoms with Gasteiger partial charge < -0.3 is 19.4 Å². The van der Waals surface area contributed by atoms with Crippen molar-refractivity contribution in [2.45, 2.75) is 264 Å². The molecule has 0 aliphatic heterocycles. The smallest absolute Gasteiger partial charge is 0.456 e. The van der Waals surface area contributed by atoms with Crippen LogP contribution in [-0.4, -0.2) is 74.3 Å². The number of phosphoric ester groups is 1. The molecule has 1 amide bonds. The number of quaternary nitrogens is 1. The van der Waals surface area contributed by atoms with E-state index in [-0.39, 0.29) is 31.5 Å². The van der Waals surface area contributed by atoms with Gasteiger partial charge in [0.15, 0.2) is 0 Å². The van der Waals surface area contributed by atoms with Gasteiger partial charge in [-0.15, -0.1) is 0 Å². The Morgan fingerprint density at radius 3 is 1.42 bits per heavy atom. The fourth-order valence-electron chi connectivity index (χ4n) is 7.82. The monoisotopic (exact) mass is 938 g/mol. The van der Waals surface area contributed by atoms with Crippen molar-refractivity contribution in [1.82, 2.24) is 5.32 Å². The minimum atomic E-state index is -4.44. The average molecular weight is 938 g/mol. The van der Waals surface area contributed by atoms with Crippen LogP contribution in [0.3, 0.4) is 0 Å². The maximum Gasteiger partial charge on any atom is 0.472 e. The maximum absolute atomic E-state index is 13.4. The highest BCUT2D eigenvalue weighted by atomic mass is 31.2. The van der Waals surface area contributed by atoms with Gasteiger partial charge in [-0.2, -0.15) is 0 Å². The third kappa shape index (κ3) is 47.1. The predicted octanol–water partition coefficient (Wildman–Crippen LogP) is 16.0. The van der Waals surface area contributed by atoms with Crippen molar-refractivity contribution >= 4 is 19.7 Å². The van der Waals surface area contributed by atoms with E-state index in [2.05, 4.69) is 44.3 Å². The summed E-state index contributed by atoms with van der Waals surface area (Å²) in [5.74, 6) is -0.577. The first kappa shape index (κ1) is 63.2. The minimum absolute atomic E-state index is 0.0347. The highest BCUT2D eigenvalue weighted by Gasteiger charge is 2.30. The molecule has 0 aliphatic carbocycles. The standard InChI is InChI=1S/C55H105N2O7P/c1-7-10-13-16-19-22-25-27-28-30-32-35-38-41-44-47-54(58)56-52(51-63-65(60,61)62-50-49-57(4,5)6)53(46-43-40-37-34-31-24-21-18-15-12-9-3)64-55(59)48-45-42-39-36-33-29-26-23-20-17-14-11-8-2/h29,33,39,42-43,46,52-53H,7-28,30-32,34-38,40-41,44-45,47-51H2,1-6H3,(H-,56,58,60,61)/p+1/b33-29-,42-39+,46-43+. The van der Waals surface area contributed by atoms with Crippen molar-refractivity contribution in [2.75, 3.05) is 40.9 Å². The Labute approximate surface area is 402 Å². The number of carbonyl (C=O) groups excluding carboxylic acids is 2. The Morgan fingerprint density at radius 2 is 0.954 bits per heavy atom. The van der Waals surface area contributed by atoms with E-state index < -0.39 is 20.0 Å². The van der Waals surface area contributed by atoms with E-state index in [4.69, 9.17) is 13.8 Å². The molecule has 3 unspecified atom stereocenters. The number of unbranched alkanes of at least 4 members (excludes halogenated alkanes) is 29. The van der Waals surface area contributed by atoms with Gasteiger partial charge in [0.25, 0.3) is 0 Å². The molecule has 2 N–H and O–H groups in total. The van der Waals surface area contributed by atoms with Crippen molar-refractivity contribution < 1.29 is 37.3 Å². The largest absolute Gasteiger partial charge is 0.472 e. The number of amides is 1. The average Bonchev–Trinajstić information content (AvgIpc) is 3.26. The SMILES string of the molecule is CCCCCCCC/C=C\C/C=C/CCC(=O)OC(/C=C/CCCCCCCCCCC)C(COP(=O)(O)OCC[N+](C)(C)C)NC(=O)CCCCCCCCCCCCCCCCC. The molecule has 0 radical (unpaired) electrons. The zero-order valence-electron chi connectivity index (χ0n) is 43.5. The summed E-state index contributed by atoms with van der Waals surface area (Å²) in [6.45, 7) is 6.97. The van der Waals surface area contributed by atoms with Gasteiger partial charge in [-0.1, -0.05) is 225 Å². The molecule has 0 rings (SSSR count). The molecule has 0 saturated carbocycles. The third-order valence-corrected chi connectivity index (χ3v) is 13.1.